The van der Waals surface area contributed by atoms with E-state index in [2.05, 4.69) is 0 Å². The fourth-order valence-electron chi connectivity index (χ4n) is 1.69. The molecule has 0 saturated heterocycles. The van der Waals surface area contributed by atoms with Gasteiger partial charge in [-0.1, -0.05) is 6.92 Å². The van der Waals surface area contributed by atoms with Crippen LogP contribution in [0.5, 0.6) is 0 Å². The van der Waals surface area contributed by atoms with Crippen molar-refractivity contribution in [3.05, 3.63) is 41.0 Å². The van der Waals surface area contributed by atoms with Gasteiger partial charge in [-0.15, -0.1) is 11.3 Å². The van der Waals surface area contributed by atoms with E-state index in [-0.39, 0.29) is 9.90 Å². The Morgan fingerprint density at radius 1 is 1.30 bits per heavy atom. The predicted octanol–water partition coefficient (Wildman–Crippen LogP) is 2.86. The average molecular weight is 314 g/mol. The highest BCUT2D eigenvalue weighted by Crippen LogP contribution is 2.29. The zero-order valence-electron chi connectivity index (χ0n) is 11.1. The van der Waals surface area contributed by atoms with E-state index in [9.17, 15) is 12.8 Å². The summed E-state index contributed by atoms with van der Waals surface area (Å²) >= 11 is 1.24. The maximum atomic E-state index is 13.1. The summed E-state index contributed by atoms with van der Waals surface area (Å²) in [5, 5.41) is 0. The quantitative estimate of drug-likeness (QED) is 0.883. The van der Waals surface area contributed by atoms with Crippen LogP contribution in [-0.4, -0.2) is 15.5 Å². The summed E-state index contributed by atoms with van der Waals surface area (Å²) in [6, 6.07) is 7.23. The second-order valence-electron chi connectivity index (χ2n) is 4.25. The smallest absolute Gasteiger partial charge is 0.273 e. The lowest BCUT2D eigenvalue weighted by atomic mass is 10.3. The number of hydrogen-bond donors (Lipinski definition) is 1. The third-order valence-electron chi connectivity index (χ3n) is 2.94. The van der Waals surface area contributed by atoms with Gasteiger partial charge in [-0.25, -0.2) is 12.8 Å². The number of nitrogen functional groups attached to an aromatic ring is 1. The van der Waals surface area contributed by atoms with Gasteiger partial charge in [0.1, 0.15) is 10.0 Å². The van der Waals surface area contributed by atoms with E-state index in [0.717, 1.165) is 21.7 Å². The number of thiophene rings is 1. The van der Waals surface area contributed by atoms with E-state index in [1.165, 1.54) is 30.5 Å². The summed E-state index contributed by atoms with van der Waals surface area (Å²) in [5.41, 5.74) is 5.72. The first kappa shape index (κ1) is 14.8. The summed E-state index contributed by atoms with van der Waals surface area (Å²) in [5.74, 6) is -0.566. The van der Waals surface area contributed by atoms with Gasteiger partial charge in [0.15, 0.2) is 0 Å². The molecule has 20 heavy (non-hydrogen) atoms. The molecule has 0 bridgehead atoms. The van der Waals surface area contributed by atoms with Gasteiger partial charge < -0.3 is 5.73 Å². The monoisotopic (exact) mass is 314 g/mol. The van der Waals surface area contributed by atoms with Gasteiger partial charge in [0.2, 0.25) is 0 Å². The first-order valence-corrected chi connectivity index (χ1v) is 8.24. The number of nitrogens with two attached hydrogens (primary N) is 1. The third kappa shape index (κ3) is 2.64. The van der Waals surface area contributed by atoms with Crippen molar-refractivity contribution in [2.75, 3.05) is 17.1 Å². The Morgan fingerprint density at radius 3 is 2.55 bits per heavy atom. The number of benzene rings is 1. The Labute approximate surface area is 121 Å². The van der Waals surface area contributed by atoms with Crippen molar-refractivity contribution in [2.24, 2.45) is 0 Å². The Morgan fingerprint density at radius 2 is 2.00 bits per heavy atom. The van der Waals surface area contributed by atoms with E-state index < -0.39 is 15.8 Å². The number of anilines is 2. The van der Waals surface area contributed by atoms with Crippen LogP contribution in [0.4, 0.5) is 15.8 Å². The van der Waals surface area contributed by atoms with Crippen LogP contribution in [0.15, 0.2) is 34.5 Å². The van der Waals surface area contributed by atoms with Gasteiger partial charge in [-0.2, -0.15) is 0 Å². The average Bonchev–Trinajstić information content (AvgIpc) is 2.90. The van der Waals surface area contributed by atoms with Crippen LogP contribution in [0.3, 0.4) is 0 Å². The zero-order valence-corrected chi connectivity index (χ0v) is 12.8. The second kappa shape index (κ2) is 5.41. The third-order valence-corrected chi connectivity index (χ3v) is 6.43. The molecule has 4 nitrogen and oxygen atoms in total. The zero-order chi connectivity index (χ0) is 14.9. The number of sulfonamides is 1. The Bertz CT molecular complexity index is 726. The van der Waals surface area contributed by atoms with Crippen molar-refractivity contribution in [1.82, 2.24) is 0 Å². The first-order chi connectivity index (χ1) is 9.36. The standard InChI is InChI=1S/C13H15FN2O2S2/c1-3-10-5-7-13(19-10)20(17,18)16(2)9-4-6-11(14)12(15)8-9/h4-8H,3,15H2,1-2H3. The molecule has 0 saturated carbocycles. The van der Waals surface area contributed by atoms with Crippen LogP contribution in [0.1, 0.15) is 11.8 Å². The molecule has 0 spiro atoms. The minimum Gasteiger partial charge on any atom is -0.396 e. The van der Waals surface area contributed by atoms with Crippen molar-refractivity contribution in [3.8, 4) is 0 Å². The molecule has 7 heteroatoms. The van der Waals surface area contributed by atoms with E-state index in [0.29, 0.717) is 5.69 Å². The summed E-state index contributed by atoms with van der Waals surface area (Å²) in [6.07, 6.45) is 0.785. The summed E-state index contributed by atoms with van der Waals surface area (Å²) < 4.78 is 39.4. The molecule has 1 aromatic carbocycles. The number of hydrogen-bond acceptors (Lipinski definition) is 4. The van der Waals surface area contributed by atoms with Crippen LogP contribution in [-0.2, 0) is 16.4 Å². The molecule has 108 valence electrons. The lowest BCUT2D eigenvalue weighted by molar-refractivity contribution is 0.596. The van der Waals surface area contributed by atoms with Crippen LogP contribution in [0, 0.1) is 5.82 Å². The van der Waals surface area contributed by atoms with Crippen LogP contribution >= 0.6 is 11.3 Å². The number of nitrogens with zero attached hydrogens (tertiary/aromatic N) is 1. The SMILES string of the molecule is CCc1ccc(S(=O)(=O)N(C)c2ccc(F)c(N)c2)s1. The van der Waals surface area contributed by atoms with Gasteiger partial charge in [0.25, 0.3) is 10.0 Å². The lowest BCUT2D eigenvalue weighted by Crippen LogP contribution is -2.25. The molecule has 0 radical (unpaired) electrons. The normalized spacial score (nSPS) is 11.6. The molecule has 0 aliphatic carbocycles. The highest BCUT2D eigenvalue weighted by Gasteiger charge is 2.23. The Balaban J connectivity index is 2.40. The van der Waals surface area contributed by atoms with Gasteiger partial charge in [0, 0.05) is 11.9 Å². The molecule has 2 N–H and O–H groups in total. The molecule has 2 aromatic rings. The molecular formula is C13H15FN2O2S2. The van der Waals surface area contributed by atoms with Gasteiger partial charge in [-0.05, 0) is 36.8 Å². The molecule has 0 unspecified atom stereocenters. The van der Waals surface area contributed by atoms with Crippen molar-refractivity contribution in [2.45, 2.75) is 17.6 Å². The van der Waals surface area contributed by atoms with Gasteiger partial charge in [0.05, 0.1) is 11.4 Å². The highest BCUT2D eigenvalue weighted by atomic mass is 32.2. The lowest BCUT2D eigenvalue weighted by Gasteiger charge is -2.18. The van der Waals surface area contributed by atoms with Gasteiger partial charge in [-0.3, -0.25) is 4.31 Å². The van der Waals surface area contributed by atoms with Crippen LogP contribution < -0.4 is 10.0 Å². The molecule has 0 amide bonds. The molecule has 0 atom stereocenters. The number of halogens is 1. The highest BCUT2D eigenvalue weighted by molar-refractivity contribution is 7.94. The summed E-state index contributed by atoms with van der Waals surface area (Å²) in [4.78, 5) is 0.996. The van der Waals surface area contributed by atoms with E-state index in [1.54, 1.807) is 12.1 Å². The predicted molar refractivity (Wildman–Crippen MR) is 80.1 cm³/mol. The first-order valence-electron chi connectivity index (χ1n) is 5.99. The van der Waals surface area contributed by atoms with E-state index in [4.69, 9.17) is 5.73 Å². The number of rotatable bonds is 4. The Kier molecular flexibility index (Phi) is 4.01. The number of aryl methyl sites for hydroxylation is 1. The molecular weight excluding hydrogens is 299 g/mol. The molecule has 1 aromatic heterocycles. The Hall–Kier alpha value is -1.60. The maximum Gasteiger partial charge on any atom is 0.273 e. The second-order valence-corrected chi connectivity index (χ2v) is 7.62. The maximum absolute atomic E-state index is 13.1. The summed E-state index contributed by atoms with van der Waals surface area (Å²) in [7, 11) is -2.21. The molecule has 0 aliphatic heterocycles. The molecule has 2 rings (SSSR count). The fraction of sp³-hybridized carbons (Fsp3) is 0.231. The van der Waals surface area contributed by atoms with Crippen LogP contribution in [0.25, 0.3) is 0 Å². The minimum atomic E-state index is -3.64. The molecule has 0 aliphatic rings. The molecule has 0 fully saturated rings. The van der Waals surface area contributed by atoms with E-state index >= 15 is 0 Å². The fourth-order valence-corrected chi connectivity index (χ4v) is 4.34. The topological polar surface area (TPSA) is 63.4 Å². The largest absolute Gasteiger partial charge is 0.396 e. The van der Waals surface area contributed by atoms with Crippen molar-refractivity contribution < 1.29 is 12.8 Å². The van der Waals surface area contributed by atoms with Crippen molar-refractivity contribution >= 4 is 32.7 Å². The van der Waals surface area contributed by atoms with E-state index in [1.807, 2.05) is 6.92 Å². The van der Waals surface area contributed by atoms with Crippen molar-refractivity contribution in [3.63, 3.8) is 0 Å². The molecule has 1 heterocycles. The van der Waals surface area contributed by atoms with Crippen LogP contribution in [0.2, 0.25) is 0 Å². The van der Waals surface area contributed by atoms with Crippen molar-refractivity contribution in [1.29, 1.82) is 0 Å². The minimum absolute atomic E-state index is 0.0787. The summed E-state index contributed by atoms with van der Waals surface area (Å²) in [6.45, 7) is 1.96. The van der Waals surface area contributed by atoms with Gasteiger partial charge >= 0.3 is 0 Å².